The first-order valence-corrected chi connectivity index (χ1v) is 10.0. The highest BCUT2D eigenvalue weighted by Gasteiger charge is 2.16. The van der Waals surface area contributed by atoms with Gasteiger partial charge in [0.2, 0.25) is 10.0 Å². The van der Waals surface area contributed by atoms with E-state index < -0.39 is 10.0 Å². The van der Waals surface area contributed by atoms with E-state index in [4.69, 9.17) is 5.73 Å². The molecule has 1 fully saturated rings. The van der Waals surface area contributed by atoms with Gasteiger partial charge in [0.15, 0.2) is 5.96 Å². The zero-order valence-electron chi connectivity index (χ0n) is 14.6. The van der Waals surface area contributed by atoms with Crippen LogP contribution >= 0.6 is 0 Å². The summed E-state index contributed by atoms with van der Waals surface area (Å²) in [4.78, 5) is 6.74. The third kappa shape index (κ3) is 5.21. The van der Waals surface area contributed by atoms with E-state index in [1.165, 1.54) is 12.8 Å². The normalized spacial score (nSPS) is 16.9. The maximum atomic E-state index is 12.4. The number of hydrogen-bond donors (Lipinski definition) is 2. The first-order chi connectivity index (χ1) is 11.4. The minimum atomic E-state index is -3.52. The molecule has 0 bridgehead atoms. The van der Waals surface area contributed by atoms with Gasteiger partial charge in [0.1, 0.15) is 0 Å². The van der Waals surface area contributed by atoms with Crippen molar-refractivity contribution in [3.63, 3.8) is 0 Å². The maximum absolute atomic E-state index is 12.4. The fourth-order valence-corrected chi connectivity index (χ4v) is 4.17. The molecule has 1 aliphatic heterocycles. The lowest BCUT2D eigenvalue weighted by Crippen LogP contribution is -2.38. The first-order valence-electron chi connectivity index (χ1n) is 8.52. The van der Waals surface area contributed by atoms with Gasteiger partial charge in [-0.25, -0.2) is 13.1 Å². The number of nitrogens with one attached hydrogen (secondary N) is 1. The highest BCUT2D eigenvalue weighted by molar-refractivity contribution is 7.89. The predicted octanol–water partition coefficient (Wildman–Crippen LogP) is 1.77. The number of rotatable bonds is 5. The molecule has 0 spiro atoms. The first kappa shape index (κ1) is 18.7. The molecule has 1 aliphatic rings. The summed E-state index contributed by atoms with van der Waals surface area (Å²) < 4.78 is 27.4. The van der Waals surface area contributed by atoms with E-state index >= 15 is 0 Å². The van der Waals surface area contributed by atoms with Crippen molar-refractivity contribution < 1.29 is 8.42 Å². The van der Waals surface area contributed by atoms with Crippen molar-refractivity contribution in [1.82, 2.24) is 9.62 Å². The Morgan fingerprint density at radius 1 is 1.21 bits per heavy atom. The number of hydrogen-bond acceptors (Lipinski definition) is 3. The second-order valence-electron chi connectivity index (χ2n) is 6.31. The monoisotopic (exact) mass is 352 g/mol. The topological polar surface area (TPSA) is 87.8 Å². The summed E-state index contributed by atoms with van der Waals surface area (Å²) in [5.41, 5.74) is 7.68. The lowest BCUT2D eigenvalue weighted by atomic mass is 10.2. The zero-order chi connectivity index (χ0) is 17.6. The Morgan fingerprint density at radius 3 is 2.54 bits per heavy atom. The number of aryl methyl sites for hydroxylation is 2. The zero-order valence-corrected chi connectivity index (χ0v) is 15.4. The number of nitrogens with two attached hydrogens (primary N) is 1. The van der Waals surface area contributed by atoms with Crippen LogP contribution in [0.15, 0.2) is 28.1 Å². The molecule has 0 radical (unpaired) electrons. The Hall–Kier alpha value is -1.60. The van der Waals surface area contributed by atoms with E-state index in [0.29, 0.717) is 17.4 Å². The fraction of sp³-hybridized carbons (Fsp3) is 0.588. The van der Waals surface area contributed by atoms with Crippen LogP contribution in [0.2, 0.25) is 0 Å². The summed E-state index contributed by atoms with van der Waals surface area (Å²) in [7, 11) is -3.52. The average molecular weight is 353 g/mol. The van der Waals surface area contributed by atoms with Crippen molar-refractivity contribution in [3.05, 3.63) is 29.3 Å². The lowest BCUT2D eigenvalue weighted by molar-refractivity contribution is 0.428. The summed E-state index contributed by atoms with van der Waals surface area (Å²) in [6.45, 7) is 6.12. The average Bonchev–Trinajstić information content (AvgIpc) is 2.83. The summed E-state index contributed by atoms with van der Waals surface area (Å²) >= 11 is 0. The van der Waals surface area contributed by atoms with Gasteiger partial charge in [-0.1, -0.05) is 25.0 Å². The highest BCUT2D eigenvalue weighted by atomic mass is 32.2. The van der Waals surface area contributed by atoms with E-state index in [1.54, 1.807) is 13.0 Å². The molecule has 1 aromatic rings. The molecular weight excluding hydrogens is 324 g/mol. The molecule has 6 nitrogen and oxygen atoms in total. The lowest BCUT2D eigenvalue weighted by Gasteiger charge is -2.21. The van der Waals surface area contributed by atoms with Crippen LogP contribution in [0.25, 0.3) is 0 Å². The van der Waals surface area contributed by atoms with Crippen LogP contribution in [0.1, 0.15) is 36.8 Å². The fourth-order valence-electron chi connectivity index (χ4n) is 2.82. The molecule has 0 aromatic heterocycles. The number of benzene rings is 1. The van der Waals surface area contributed by atoms with Gasteiger partial charge in [-0.05, 0) is 43.9 Å². The van der Waals surface area contributed by atoms with E-state index in [2.05, 4.69) is 14.6 Å². The highest BCUT2D eigenvalue weighted by Crippen LogP contribution is 2.16. The van der Waals surface area contributed by atoms with E-state index in [1.807, 2.05) is 19.1 Å². The van der Waals surface area contributed by atoms with E-state index in [9.17, 15) is 8.42 Å². The second kappa shape index (κ2) is 8.48. The van der Waals surface area contributed by atoms with Gasteiger partial charge < -0.3 is 10.6 Å². The molecule has 1 heterocycles. The van der Waals surface area contributed by atoms with Crippen LogP contribution in [0.4, 0.5) is 0 Å². The molecule has 1 aromatic carbocycles. The van der Waals surface area contributed by atoms with Crippen LogP contribution in [0.5, 0.6) is 0 Å². The molecule has 0 aliphatic carbocycles. The summed E-state index contributed by atoms with van der Waals surface area (Å²) in [6, 6.07) is 5.41. The SMILES string of the molecule is Cc1ccc(C)c(S(=O)(=O)NCCN=C(N)N2CCCCCC2)c1. The molecule has 0 atom stereocenters. The molecule has 7 heteroatoms. The van der Waals surface area contributed by atoms with Crippen molar-refractivity contribution in [2.45, 2.75) is 44.4 Å². The Morgan fingerprint density at radius 2 is 1.88 bits per heavy atom. The molecule has 1 saturated heterocycles. The van der Waals surface area contributed by atoms with E-state index in [-0.39, 0.29) is 6.54 Å². The van der Waals surface area contributed by atoms with Crippen molar-refractivity contribution in [2.24, 2.45) is 10.7 Å². The van der Waals surface area contributed by atoms with Crippen molar-refractivity contribution in [3.8, 4) is 0 Å². The van der Waals surface area contributed by atoms with Crippen LogP contribution in [-0.2, 0) is 10.0 Å². The Bertz CT molecular complexity index is 678. The Kier molecular flexibility index (Phi) is 6.62. The Balaban J connectivity index is 1.90. The Labute approximate surface area is 145 Å². The van der Waals surface area contributed by atoms with Crippen LogP contribution in [0, 0.1) is 13.8 Å². The molecule has 2 rings (SSSR count). The minimum absolute atomic E-state index is 0.240. The van der Waals surface area contributed by atoms with Gasteiger partial charge in [-0.15, -0.1) is 0 Å². The number of guanidine groups is 1. The number of likely N-dealkylation sites (tertiary alicyclic amines) is 1. The van der Waals surface area contributed by atoms with Gasteiger partial charge in [-0.3, -0.25) is 4.99 Å². The number of sulfonamides is 1. The molecule has 24 heavy (non-hydrogen) atoms. The summed E-state index contributed by atoms with van der Waals surface area (Å²) in [5.74, 6) is 0.517. The van der Waals surface area contributed by atoms with Crippen molar-refractivity contribution >= 4 is 16.0 Å². The van der Waals surface area contributed by atoms with Gasteiger partial charge in [0.05, 0.1) is 11.4 Å². The molecule has 0 saturated carbocycles. The van der Waals surface area contributed by atoms with Gasteiger partial charge >= 0.3 is 0 Å². The van der Waals surface area contributed by atoms with Gasteiger partial charge in [-0.2, -0.15) is 0 Å². The van der Waals surface area contributed by atoms with Gasteiger partial charge in [0, 0.05) is 19.6 Å². The summed E-state index contributed by atoms with van der Waals surface area (Å²) in [5, 5.41) is 0. The smallest absolute Gasteiger partial charge is 0.240 e. The number of aliphatic imine (C=N–C) groups is 1. The quantitative estimate of drug-likeness (QED) is 0.480. The van der Waals surface area contributed by atoms with Crippen molar-refractivity contribution in [1.29, 1.82) is 0 Å². The molecule has 0 unspecified atom stereocenters. The van der Waals surface area contributed by atoms with Gasteiger partial charge in [0.25, 0.3) is 0 Å². The second-order valence-corrected chi connectivity index (χ2v) is 8.04. The minimum Gasteiger partial charge on any atom is -0.370 e. The third-order valence-corrected chi connectivity index (χ3v) is 5.84. The standard InChI is InChI=1S/C17H28N4O2S/c1-14-7-8-15(2)16(13-14)24(22,23)20-10-9-19-17(18)21-11-5-3-4-6-12-21/h7-8,13,20H,3-6,9-12H2,1-2H3,(H2,18,19). The molecule has 0 amide bonds. The number of nitrogens with zero attached hydrogens (tertiary/aromatic N) is 2. The summed E-state index contributed by atoms with van der Waals surface area (Å²) in [6.07, 6.45) is 4.74. The molecule has 134 valence electrons. The molecule has 3 N–H and O–H groups in total. The van der Waals surface area contributed by atoms with E-state index in [0.717, 1.165) is 37.1 Å². The predicted molar refractivity (Wildman–Crippen MR) is 97.6 cm³/mol. The maximum Gasteiger partial charge on any atom is 0.240 e. The van der Waals surface area contributed by atoms with Crippen LogP contribution in [0.3, 0.4) is 0 Å². The largest absolute Gasteiger partial charge is 0.370 e. The third-order valence-electron chi connectivity index (χ3n) is 4.24. The van der Waals surface area contributed by atoms with Crippen LogP contribution in [-0.4, -0.2) is 45.5 Å². The van der Waals surface area contributed by atoms with Crippen molar-refractivity contribution in [2.75, 3.05) is 26.2 Å². The van der Waals surface area contributed by atoms with Crippen LogP contribution < -0.4 is 10.5 Å². The molecular formula is C17H28N4O2S.